The van der Waals surface area contributed by atoms with Crippen molar-refractivity contribution in [3.8, 4) is 0 Å². The topological polar surface area (TPSA) is 37.3 Å². The van der Waals surface area contributed by atoms with E-state index in [4.69, 9.17) is 5.11 Å². The van der Waals surface area contributed by atoms with Crippen LogP contribution in [0.2, 0.25) is 0 Å². The van der Waals surface area contributed by atoms with Crippen LogP contribution in [-0.2, 0) is 4.79 Å². The molecule has 0 spiro atoms. The molecule has 2 heteroatoms. The van der Waals surface area contributed by atoms with E-state index >= 15 is 0 Å². The summed E-state index contributed by atoms with van der Waals surface area (Å²) in [5.41, 5.74) is 1.27. The molecular formula is C12H22O2. The van der Waals surface area contributed by atoms with Gasteiger partial charge in [-0.25, -0.2) is 0 Å². The van der Waals surface area contributed by atoms with Crippen LogP contribution in [0.15, 0.2) is 11.6 Å². The summed E-state index contributed by atoms with van der Waals surface area (Å²) in [5, 5.41) is 9.01. The Balaban J connectivity index is 3.61. The molecule has 0 radical (unpaired) electrons. The van der Waals surface area contributed by atoms with E-state index < -0.39 is 6.10 Å². The zero-order valence-electron chi connectivity index (χ0n) is 9.49. The fourth-order valence-corrected chi connectivity index (χ4v) is 1.27. The van der Waals surface area contributed by atoms with Gasteiger partial charge in [-0.2, -0.15) is 0 Å². The highest BCUT2D eigenvalue weighted by Crippen LogP contribution is 2.12. The third kappa shape index (κ3) is 7.99. The molecule has 2 nitrogen and oxygen atoms in total. The predicted octanol–water partition coefficient (Wildman–Crippen LogP) is 2.71. The first-order valence-corrected chi connectivity index (χ1v) is 5.35. The lowest BCUT2D eigenvalue weighted by atomic mass is 10.0. The van der Waals surface area contributed by atoms with Crippen LogP contribution < -0.4 is 0 Å². The standard InChI is InChI=1S/C12H22O2/c1-10(2)5-4-6-11(3)7-8-12(14)9-13/h7,9-10,12,14H,4-6,8H2,1-3H3. The van der Waals surface area contributed by atoms with E-state index in [9.17, 15) is 4.79 Å². The van der Waals surface area contributed by atoms with Crippen molar-refractivity contribution in [2.45, 2.75) is 52.6 Å². The first-order chi connectivity index (χ1) is 6.56. The summed E-state index contributed by atoms with van der Waals surface area (Å²) < 4.78 is 0. The molecule has 0 bridgehead atoms. The number of rotatable bonds is 7. The zero-order chi connectivity index (χ0) is 11.0. The van der Waals surface area contributed by atoms with Gasteiger partial charge >= 0.3 is 0 Å². The third-order valence-electron chi connectivity index (χ3n) is 2.22. The van der Waals surface area contributed by atoms with Crippen LogP contribution >= 0.6 is 0 Å². The number of hydrogen-bond acceptors (Lipinski definition) is 2. The number of carbonyl (C=O) groups excluding carboxylic acids is 1. The van der Waals surface area contributed by atoms with E-state index in [1.807, 2.05) is 6.08 Å². The Hall–Kier alpha value is -0.630. The summed E-state index contributed by atoms with van der Waals surface area (Å²) in [4.78, 5) is 10.1. The molecule has 14 heavy (non-hydrogen) atoms. The van der Waals surface area contributed by atoms with Gasteiger partial charge in [-0.05, 0) is 32.1 Å². The smallest absolute Gasteiger partial charge is 0.148 e. The monoisotopic (exact) mass is 198 g/mol. The van der Waals surface area contributed by atoms with Crippen molar-refractivity contribution in [2.24, 2.45) is 5.92 Å². The summed E-state index contributed by atoms with van der Waals surface area (Å²) in [7, 11) is 0. The number of aliphatic hydroxyl groups is 1. The van der Waals surface area contributed by atoms with Gasteiger partial charge in [0.1, 0.15) is 12.4 Å². The summed E-state index contributed by atoms with van der Waals surface area (Å²) in [5.74, 6) is 0.753. The van der Waals surface area contributed by atoms with Gasteiger partial charge in [0.15, 0.2) is 0 Å². The van der Waals surface area contributed by atoms with Crippen LogP contribution in [-0.4, -0.2) is 17.5 Å². The number of aliphatic hydroxyl groups excluding tert-OH is 1. The van der Waals surface area contributed by atoms with Crippen LogP contribution in [0, 0.1) is 5.92 Å². The van der Waals surface area contributed by atoms with E-state index in [0.717, 1.165) is 12.3 Å². The Bertz CT molecular complexity index is 183. The van der Waals surface area contributed by atoms with Crippen LogP contribution in [0.5, 0.6) is 0 Å². The second-order valence-corrected chi connectivity index (χ2v) is 4.28. The highest BCUT2D eigenvalue weighted by atomic mass is 16.3. The van der Waals surface area contributed by atoms with Gasteiger partial charge in [-0.15, -0.1) is 0 Å². The summed E-state index contributed by atoms with van der Waals surface area (Å²) in [6, 6.07) is 0. The SMILES string of the molecule is CC(=CCC(O)C=O)CCCC(C)C. The van der Waals surface area contributed by atoms with Crippen LogP contribution in [0.3, 0.4) is 0 Å². The average molecular weight is 198 g/mol. The predicted molar refractivity (Wildman–Crippen MR) is 59.1 cm³/mol. The molecule has 0 aliphatic rings. The van der Waals surface area contributed by atoms with Gasteiger partial charge in [0.25, 0.3) is 0 Å². The van der Waals surface area contributed by atoms with Gasteiger partial charge in [0.05, 0.1) is 0 Å². The van der Waals surface area contributed by atoms with Crippen molar-refractivity contribution in [1.29, 1.82) is 0 Å². The van der Waals surface area contributed by atoms with Gasteiger partial charge in [0.2, 0.25) is 0 Å². The van der Waals surface area contributed by atoms with Gasteiger partial charge < -0.3 is 9.90 Å². The zero-order valence-corrected chi connectivity index (χ0v) is 9.49. The fourth-order valence-electron chi connectivity index (χ4n) is 1.27. The highest BCUT2D eigenvalue weighted by molar-refractivity contribution is 5.55. The fraction of sp³-hybridized carbons (Fsp3) is 0.750. The molecule has 0 aromatic heterocycles. The molecule has 1 unspecified atom stereocenters. The molecule has 0 saturated heterocycles. The Morgan fingerprint density at radius 2 is 2.07 bits per heavy atom. The molecular weight excluding hydrogens is 176 g/mol. The summed E-state index contributed by atoms with van der Waals surface area (Å²) >= 11 is 0. The number of allylic oxidation sites excluding steroid dienone is 1. The average Bonchev–Trinajstić information content (AvgIpc) is 2.13. The lowest BCUT2D eigenvalue weighted by molar-refractivity contribution is -0.114. The lowest BCUT2D eigenvalue weighted by Gasteiger charge is -2.05. The van der Waals surface area contributed by atoms with Crippen molar-refractivity contribution in [3.05, 3.63) is 11.6 Å². The molecule has 0 aliphatic carbocycles. The van der Waals surface area contributed by atoms with E-state index in [0.29, 0.717) is 12.7 Å². The van der Waals surface area contributed by atoms with Crippen LogP contribution in [0.4, 0.5) is 0 Å². The highest BCUT2D eigenvalue weighted by Gasteiger charge is 1.99. The molecule has 0 fully saturated rings. The quantitative estimate of drug-likeness (QED) is 0.504. The maximum Gasteiger partial charge on any atom is 0.148 e. The molecule has 0 rings (SSSR count). The van der Waals surface area contributed by atoms with Crippen LogP contribution in [0.25, 0.3) is 0 Å². The van der Waals surface area contributed by atoms with Gasteiger partial charge in [0, 0.05) is 0 Å². The number of carbonyl (C=O) groups is 1. The normalized spacial score (nSPS) is 14.5. The van der Waals surface area contributed by atoms with Crippen LogP contribution in [0.1, 0.15) is 46.5 Å². The first kappa shape index (κ1) is 13.4. The lowest BCUT2D eigenvalue weighted by Crippen LogP contribution is -2.05. The second-order valence-electron chi connectivity index (χ2n) is 4.28. The van der Waals surface area contributed by atoms with E-state index in [1.165, 1.54) is 18.4 Å². The Kier molecular flexibility index (Phi) is 7.40. The third-order valence-corrected chi connectivity index (χ3v) is 2.22. The van der Waals surface area contributed by atoms with Gasteiger partial charge in [-0.3, -0.25) is 0 Å². The van der Waals surface area contributed by atoms with Crippen molar-refractivity contribution in [1.82, 2.24) is 0 Å². The molecule has 0 amide bonds. The Morgan fingerprint density at radius 1 is 1.43 bits per heavy atom. The molecule has 0 saturated carbocycles. The minimum absolute atomic E-state index is 0.455. The van der Waals surface area contributed by atoms with Crippen molar-refractivity contribution in [2.75, 3.05) is 0 Å². The minimum Gasteiger partial charge on any atom is -0.385 e. The minimum atomic E-state index is -0.824. The summed E-state index contributed by atoms with van der Waals surface area (Å²) in [6.45, 7) is 6.49. The molecule has 1 N–H and O–H groups in total. The maximum atomic E-state index is 10.1. The van der Waals surface area contributed by atoms with Crippen molar-refractivity contribution >= 4 is 6.29 Å². The molecule has 0 aliphatic heterocycles. The van der Waals surface area contributed by atoms with Crippen molar-refractivity contribution < 1.29 is 9.90 Å². The first-order valence-electron chi connectivity index (χ1n) is 5.35. The number of hydrogen-bond donors (Lipinski definition) is 1. The van der Waals surface area contributed by atoms with Crippen molar-refractivity contribution in [3.63, 3.8) is 0 Å². The molecule has 1 atom stereocenters. The molecule has 82 valence electrons. The Morgan fingerprint density at radius 3 is 2.57 bits per heavy atom. The van der Waals surface area contributed by atoms with E-state index in [1.54, 1.807) is 0 Å². The Labute approximate surface area is 87.0 Å². The molecule has 0 aromatic carbocycles. The maximum absolute atomic E-state index is 10.1. The van der Waals surface area contributed by atoms with E-state index in [2.05, 4.69) is 20.8 Å². The molecule has 0 aromatic rings. The molecule has 0 heterocycles. The summed E-state index contributed by atoms with van der Waals surface area (Å²) in [6.07, 6.45) is 5.67. The second kappa shape index (κ2) is 7.74. The van der Waals surface area contributed by atoms with Gasteiger partial charge in [-0.1, -0.05) is 31.9 Å². The largest absolute Gasteiger partial charge is 0.385 e. The number of aldehydes is 1. The van der Waals surface area contributed by atoms with E-state index in [-0.39, 0.29) is 0 Å².